The Bertz CT molecular complexity index is 432. The molecule has 0 aliphatic heterocycles. The van der Waals surface area contributed by atoms with E-state index in [2.05, 4.69) is 42.1 Å². The van der Waals surface area contributed by atoms with E-state index >= 15 is 0 Å². The third kappa shape index (κ3) is 2.83. The molecule has 0 fully saturated rings. The fraction of sp³-hybridized carbons (Fsp3) is 0.462. The van der Waals surface area contributed by atoms with E-state index in [0.29, 0.717) is 5.41 Å². The number of fused-ring (bicyclic) bond motifs is 1. The lowest BCUT2D eigenvalue weighted by Gasteiger charge is -2.18. The molecule has 0 radical (unpaired) electrons. The summed E-state index contributed by atoms with van der Waals surface area (Å²) in [6, 6.07) is 8.11. The molecule has 0 aliphatic rings. The number of aromatic nitrogens is 2. The smallest absolute Gasteiger partial charge is 0.121 e. The van der Waals surface area contributed by atoms with Gasteiger partial charge in [-0.1, -0.05) is 32.9 Å². The Morgan fingerprint density at radius 2 is 2.00 bits per heavy atom. The van der Waals surface area contributed by atoms with E-state index in [9.17, 15) is 0 Å². The second kappa shape index (κ2) is 4.26. The highest BCUT2D eigenvalue weighted by Gasteiger charge is 2.09. The van der Waals surface area contributed by atoms with Gasteiger partial charge in [0.25, 0.3) is 0 Å². The molecule has 2 N–H and O–H groups in total. The molecule has 2 aromatic rings. The van der Waals surface area contributed by atoms with E-state index in [4.69, 9.17) is 0 Å². The van der Waals surface area contributed by atoms with Crippen LogP contribution in [0.4, 0.5) is 0 Å². The highest BCUT2D eigenvalue weighted by Crippen LogP contribution is 2.12. The van der Waals surface area contributed by atoms with Crippen LogP contribution >= 0.6 is 0 Å². The van der Waals surface area contributed by atoms with Crippen molar-refractivity contribution in [3.05, 3.63) is 30.1 Å². The van der Waals surface area contributed by atoms with Crippen molar-refractivity contribution in [2.24, 2.45) is 5.41 Å². The Hall–Kier alpha value is -1.35. The van der Waals surface area contributed by atoms with E-state index in [1.165, 1.54) is 0 Å². The molecule has 0 spiro atoms. The number of imidazole rings is 1. The van der Waals surface area contributed by atoms with E-state index in [1.807, 2.05) is 18.2 Å². The number of nitrogens with one attached hydrogen (secondary N) is 2. The summed E-state index contributed by atoms with van der Waals surface area (Å²) < 4.78 is 0. The third-order valence-corrected chi connectivity index (χ3v) is 2.39. The van der Waals surface area contributed by atoms with Crippen molar-refractivity contribution >= 4 is 11.0 Å². The molecule has 16 heavy (non-hydrogen) atoms. The molecule has 0 atom stereocenters. The second-order valence-electron chi connectivity index (χ2n) is 5.36. The number of nitrogens with zero attached hydrogens (tertiary/aromatic N) is 1. The zero-order valence-corrected chi connectivity index (χ0v) is 10.2. The van der Waals surface area contributed by atoms with Crippen molar-refractivity contribution in [1.29, 1.82) is 0 Å². The molecule has 0 saturated carbocycles. The standard InChI is InChI=1S/C13H19N3/c1-13(2,3)9-14-8-12-15-10-6-4-5-7-11(10)16-12/h4-7,14H,8-9H2,1-3H3,(H,15,16). The van der Waals surface area contributed by atoms with Gasteiger partial charge in [-0.3, -0.25) is 0 Å². The van der Waals surface area contributed by atoms with Crippen LogP contribution in [0.3, 0.4) is 0 Å². The molecular formula is C13H19N3. The van der Waals surface area contributed by atoms with Crippen molar-refractivity contribution in [3.63, 3.8) is 0 Å². The Balaban J connectivity index is 2.00. The van der Waals surface area contributed by atoms with Gasteiger partial charge in [-0.2, -0.15) is 0 Å². The lowest BCUT2D eigenvalue weighted by molar-refractivity contribution is 0.377. The second-order valence-corrected chi connectivity index (χ2v) is 5.36. The summed E-state index contributed by atoms with van der Waals surface area (Å²) >= 11 is 0. The highest BCUT2D eigenvalue weighted by atomic mass is 15.0. The molecule has 0 bridgehead atoms. The molecule has 1 heterocycles. The monoisotopic (exact) mass is 217 g/mol. The molecule has 2 rings (SSSR count). The molecular weight excluding hydrogens is 198 g/mol. The van der Waals surface area contributed by atoms with E-state index in [1.54, 1.807) is 0 Å². The van der Waals surface area contributed by atoms with Gasteiger partial charge in [-0.25, -0.2) is 4.98 Å². The number of aromatic amines is 1. The minimum atomic E-state index is 0.312. The first-order valence-corrected chi connectivity index (χ1v) is 5.69. The maximum absolute atomic E-state index is 4.51. The van der Waals surface area contributed by atoms with E-state index in [0.717, 1.165) is 29.9 Å². The predicted octanol–water partition coefficient (Wildman–Crippen LogP) is 2.70. The van der Waals surface area contributed by atoms with Gasteiger partial charge in [-0.05, 0) is 17.5 Å². The topological polar surface area (TPSA) is 40.7 Å². The van der Waals surface area contributed by atoms with Gasteiger partial charge < -0.3 is 10.3 Å². The van der Waals surface area contributed by atoms with Gasteiger partial charge in [0, 0.05) is 6.54 Å². The molecule has 3 heteroatoms. The van der Waals surface area contributed by atoms with Crippen molar-refractivity contribution in [2.45, 2.75) is 27.3 Å². The lowest BCUT2D eigenvalue weighted by Crippen LogP contribution is -2.26. The van der Waals surface area contributed by atoms with Gasteiger partial charge in [0.1, 0.15) is 5.82 Å². The van der Waals surface area contributed by atoms with Gasteiger partial charge in [0.2, 0.25) is 0 Å². The van der Waals surface area contributed by atoms with Crippen LogP contribution in [0.1, 0.15) is 26.6 Å². The Labute approximate surface area is 96.3 Å². The van der Waals surface area contributed by atoms with E-state index < -0.39 is 0 Å². The first kappa shape index (κ1) is 11.1. The van der Waals surface area contributed by atoms with Gasteiger partial charge >= 0.3 is 0 Å². The summed E-state index contributed by atoms with van der Waals surface area (Å²) in [5, 5.41) is 3.41. The van der Waals surface area contributed by atoms with Crippen LogP contribution in [-0.4, -0.2) is 16.5 Å². The zero-order chi connectivity index (χ0) is 11.6. The normalized spacial score (nSPS) is 12.2. The number of H-pyrrole nitrogens is 1. The molecule has 1 aromatic heterocycles. The summed E-state index contributed by atoms with van der Waals surface area (Å²) in [5.41, 5.74) is 2.46. The summed E-state index contributed by atoms with van der Waals surface area (Å²) in [6.45, 7) is 8.45. The van der Waals surface area contributed by atoms with Crippen LogP contribution in [0, 0.1) is 5.41 Å². The quantitative estimate of drug-likeness (QED) is 0.830. The van der Waals surface area contributed by atoms with Crippen LogP contribution in [0.15, 0.2) is 24.3 Å². The van der Waals surface area contributed by atoms with E-state index in [-0.39, 0.29) is 0 Å². The molecule has 0 saturated heterocycles. The van der Waals surface area contributed by atoms with Crippen LogP contribution in [0.25, 0.3) is 11.0 Å². The van der Waals surface area contributed by atoms with Crippen LogP contribution in [-0.2, 0) is 6.54 Å². The van der Waals surface area contributed by atoms with Crippen LogP contribution in [0.5, 0.6) is 0 Å². The third-order valence-electron chi connectivity index (χ3n) is 2.39. The Kier molecular flexibility index (Phi) is 2.97. The highest BCUT2D eigenvalue weighted by molar-refractivity contribution is 5.74. The predicted molar refractivity (Wildman–Crippen MR) is 67.3 cm³/mol. The number of benzene rings is 1. The molecule has 3 nitrogen and oxygen atoms in total. The van der Waals surface area contributed by atoms with Gasteiger partial charge in [-0.15, -0.1) is 0 Å². The summed E-state index contributed by atoms with van der Waals surface area (Å²) in [4.78, 5) is 7.82. The SMILES string of the molecule is CC(C)(C)CNCc1nc2ccccc2[nH]1. The number of para-hydroxylation sites is 2. The Morgan fingerprint density at radius 1 is 1.25 bits per heavy atom. The van der Waals surface area contributed by atoms with Crippen molar-refractivity contribution in [1.82, 2.24) is 15.3 Å². The fourth-order valence-corrected chi connectivity index (χ4v) is 1.65. The molecule has 0 unspecified atom stereocenters. The van der Waals surface area contributed by atoms with Gasteiger partial charge in [0.15, 0.2) is 0 Å². The maximum Gasteiger partial charge on any atom is 0.121 e. The van der Waals surface area contributed by atoms with Gasteiger partial charge in [0.05, 0.1) is 17.6 Å². The van der Waals surface area contributed by atoms with Crippen molar-refractivity contribution in [2.75, 3.05) is 6.54 Å². The molecule has 0 aliphatic carbocycles. The minimum Gasteiger partial charge on any atom is -0.341 e. The molecule has 0 amide bonds. The average Bonchev–Trinajstić information content (AvgIpc) is 2.57. The fourth-order valence-electron chi connectivity index (χ4n) is 1.65. The largest absolute Gasteiger partial charge is 0.341 e. The summed E-state index contributed by atoms with van der Waals surface area (Å²) in [7, 11) is 0. The lowest BCUT2D eigenvalue weighted by atomic mass is 9.97. The number of hydrogen-bond acceptors (Lipinski definition) is 2. The van der Waals surface area contributed by atoms with Crippen LogP contribution < -0.4 is 5.32 Å². The van der Waals surface area contributed by atoms with Crippen molar-refractivity contribution in [3.8, 4) is 0 Å². The number of rotatable bonds is 3. The first-order chi connectivity index (χ1) is 7.54. The Morgan fingerprint density at radius 3 is 2.69 bits per heavy atom. The zero-order valence-electron chi connectivity index (χ0n) is 10.2. The average molecular weight is 217 g/mol. The van der Waals surface area contributed by atoms with Crippen LogP contribution in [0.2, 0.25) is 0 Å². The maximum atomic E-state index is 4.51. The molecule has 1 aromatic carbocycles. The summed E-state index contributed by atoms with van der Waals surface area (Å²) in [5.74, 6) is 1.01. The molecule has 86 valence electrons. The van der Waals surface area contributed by atoms with Crippen molar-refractivity contribution < 1.29 is 0 Å². The summed E-state index contributed by atoms with van der Waals surface area (Å²) in [6.07, 6.45) is 0. The number of hydrogen-bond donors (Lipinski definition) is 2. The first-order valence-electron chi connectivity index (χ1n) is 5.69. The minimum absolute atomic E-state index is 0.312.